The molecule has 0 aromatic heterocycles. The highest BCUT2D eigenvalue weighted by atomic mass is 35.5. The van der Waals surface area contributed by atoms with E-state index in [0.29, 0.717) is 11.6 Å². The number of nitrogens with one attached hydrogen (secondary N) is 1. The molecule has 4 nitrogen and oxygen atoms in total. The first-order chi connectivity index (χ1) is 7.13. The van der Waals surface area contributed by atoms with Crippen molar-refractivity contribution in [3.05, 3.63) is 34.9 Å². The lowest BCUT2D eigenvalue weighted by atomic mass is 10.2. The van der Waals surface area contributed by atoms with Crippen molar-refractivity contribution in [2.75, 3.05) is 6.61 Å². The molecule has 1 aromatic rings. The SMILES string of the molecule is O=C(O)C(CO)NCc1ccc(Cl)cc1. The highest BCUT2D eigenvalue weighted by Crippen LogP contribution is 2.09. The molecule has 3 N–H and O–H groups in total. The Bertz CT molecular complexity index is 326. The van der Waals surface area contributed by atoms with Gasteiger partial charge in [-0.2, -0.15) is 0 Å². The van der Waals surface area contributed by atoms with Gasteiger partial charge in [0.15, 0.2) is 0 Å². The van der Waals surface area contributed by atoms with Crippen molar-refractivity contribution >= 4 is 17.6 Å². The molecule has 0 aliphatic heterocycles. The van der Waals surface area contributed by atoms with Crippen molar-refractivity contribution in [2.24, 2.45) is 0 Å². The molecule has 0 saturated heterocycles. The van der Waals surface area contributed by atoms with Crippen molar-refractivity contribution in [1.29, 1.82) is 0 Å². The van der Waals surface area contributed by atoms with Gasteiger partial charge in [-0.3, -0.25) is 10.1 Å². The van der Waals surface area contributed by atoms with Crippen molar-refractivity contribution in [3.63, 3.8) is 0 Å². The average Bonchev–Trinajstić information content (AvgIpc) is 2.21. The van der Waals surface area contributed by atoms with Gasteiger partial charge in [0.1, 0.15) is 6.04 Å². The van der Waals surface area contributed by atoms with E-state index in [-0.39, 0.29) is 0 Å². The molecule has 15 heavy (non-hydrogen) atoms. The summed E-state index contributed by atoms with van der Waals surface area (Å²) in [4.78, 5) is 10.6. The van der Waals surface area contributed by atoms with Crippen molar-refractivity contribution < 1.29 is 15.0 Å². The smallest absolute Gasteiger partial charge is 0.323 e. The normalized spacial score (nSPS) is 12.4. The van der Waals surface area contributed by atoms with Gasteiger partial charge in [0.2, 0.25) is 0 Å². The standard InChI is InChI=1S/C10H12ClNO3/c11-8-3-1-7(2-4-8)5-12-9(6-13)10(14)15/h1-4,9,12-13H,5-6H2,(H,14,15). The third kappa shape index (κ3) is 3.87. The van der Waals surface area contributed by atoms with E-state index in [1.54, 1.807) is 24.3 Å². The molecule has 1 rings (SSSR count). The fraction of sp³-hybridized carbons (Fsp3) is 0.300. The predicted molar refractivity (Wildman–Crippen MR) is 56.8 cm³/mol. The number of carboxylic acids is 1. The second kappa shape index (κ2) is 5.70. The molecule has 0 radical (unpaired) electrons. The Morgan fingerprint density at radius 1 is 1.40 bits per heavy atom. The van der Waals surface area contributed by atoms with Gasteiger partial charge >= 0.3 is 5.97 Å². The molecule has 0 heterocycles. The summed E-state index contributed by atoms with van der Waals surface area (Å²) in [6, 6.07) is 6.12. The van der Waals surface area contributed by atoms with Gasteiger partial charge in [-0.25, -0.2) is 0 Å². The second-order valence-corrected chi connectivity index (χ2v) is 3.52. The van der Waals surface area contributed by atoms with Gasteiger partial charge in [0, 0.05) is 11.6 Å². The summed E-state index contributed by atoms with van der Waals surface area (Å²) in [6.07, 6.45) is 0. The maximum Gasteiger partial charge on any atom is 0.323 e. The van der Waals surface area contributed by atoms with Crippen LogP contribution in [0, 0.1) is 0 Å². The number of aliphatic hydroxyl groups is 1. The summed E-state index contributed by atoms with van der Waals surface area (Å²) >= 11 is 5.70. The molecule has 0 saturated carbocycles. The Hall–Kier alpha value is -1.10. The first kappa shape index (κ1) is 12.0. The minimum Gasteiger partial charge on any atom is -0.480 e. The topological polar surface area (TPSA) is 69.6 Å². The van der Waals surface area contributed by atoms with E-state index >= 15 is 0 Å². The number of aliphatic carboxylic acids is 1. The van der Waals surface area contributed by atoms with E-state index in [1.807, 2.05) is 0 Å². The number of carbonyl (C=O) groups is 1. The lowest BCUT2D eigenvalue weighted by Crippen LogP contribution is -2.39. The Kier molecular flexibility index (Phi) is 4.55. The first-order valence-corrected chi connectivity index (χ1v) is 4.82. The Morgan fingerprint density at radius 2 is 2.00 bits per heavy atom. The molecule has 0 aliphatic carbocycles. The number of halogens is 1. The van der Waals surface area contributed by atoms with Crippen molar-refractivity contribution in [2.45, 2.75) is 12.6 Å². The number of hydrogen-bond acceptors (Lipinski definition) is 3. The molecule has 1 unspecified atom stereocenters. The van der Waals surface area contributed by atoms with Crippen LogP contribution in [0.5, 0.6) is 0 Å². The number of hydrogen-bond donors (Lipinski definition) is 3. The fourth-order valence-corrected chi connectivity index (χ4v) is 1.20. The van der Waals surface area contributed by atoms with E-state index in [4.69, 9.17) is 21.8 Å². The Balaban J connectivity index is 2.49. The van der Waals surface area contributed by atoms with Crippen LogP contribution < -0.4 is 5.32 Å². The molecule has 0 spiro atoms. The average molecular weight is 230 g/mol. The zero-order valence-electron chi connectivity index (χ0n) is 7.98. The van der Waals surface area contributed by atoms with Crippen LogP contribution in [0.2, 0.25) is 5.02 Å². The zero-order chi connectivity index (χ0) is 11.3. The summed E-state index contributed by atoms with van der Waals surface area (Å²) in [5, 5.41) is 20.8. The van der Waals surface area contributed by atoms with E-state index < -0.39 is 18.6 Å². The lowest BCUT2D eigenvalue weighted by Gasteiger charge is -2.11. The molecule has 0 aliphatic rings. The zero-order valence-corrected chi connectivity index (χ0v) is 8.74. The highest BCUT2D eigenvalue weighted by Gasteiger charge is 2.14. The summed E-state index contributed by atoms with van der Waals surface area (Å²) in [5.74, 6) is -1.06. The molecule has 82 valence electrons. The summed E-state index contributed by atoms with van der Waals surface area (Å²) in [7, 11) is 0. The van der Waals surface area contributed by atoms with Crippen LogP contribution in [-0.2, 0) is 11.3 Å². The predicted octanol–water partition coefficient (Wildman–Crippen LogP) is 0.875. The quantitative estimate of drug-likeness (QED) is 0.701. The third-order valence-corrected chi connectivity index (χ3v) is 2.20. The second-order valence-electron chi connectivity index (χ2n) is 3.08. The van der Waals surface area contributed by atoms with Crippen LogP contribution in [0.4, 0.5) is 0 Å². The highest BCUT2D eigenvalue weighted by molar-refractivity contribution is 6.30. The van der Waals surface area contributed by atoms with Crippen molar-refractivity contribution in [3.8, 4) is 0 Å². The van der Waals surface area contributed by atoms with Crippen LogP contribution >= 0.6 is 11.6 Å². The van der Waals surface area contributed by atoms with E-state index in [9.17, 15) is 4.79 Å². The van der Waals surface area contributed by atoms with Crippen molar-refractivity contribution in [1.82, 2.24) is 5.32 Å². The number of aliphatic hydroxyl groups excluding tert-OH is 1. The van der Waals surface area contributed by atoms with Gasteiger partial charge in [0.05, 0.1) is 6.61 Å². The summed E-state index contributed by atoms with van der Waals surface area (Å²) < 4.78 is 0. The number of benzene rings is 1. The lowest BCUT2D eigenvalue weighted by molar-refractivity contribution is -0.140. The van der Waals surface area contributed by atoms with Crippen LogP contribution in [-0.4, -0.2) is 28.8 Å². The minimum absolute atomic E-state index is 0.384. The minimum atomic E-state index is -1.06. The maximum atomic E-state index is 10.6. The van der Waals surface area contributed by atoms with Crippen LogP contribution in [0.1, 0.15) is 5.56 Å². The molecule has 1 aromatic carbocycles. The third-order valence-electron chi connectivity index (χ3n) is 1.95. The van der Waals surface area contributed by atoms with Crippen LogP contribution in [0.25, 0.3) is 0 Å². The number of carboxylic acid groups (broad SMARTS) is 1. The van der Waals surface area contributed by atoms with E-state index in [0.717, 1.165) is 5.56 Å². The number of rotatable bonds is 5. The monoisotopic (exact) mass is 229 g/mol. The summed E-state index contributed by atoms with van der Waals surface area (Å²) in [6.45, 7) is -0.0440. The van der Waals surface area contributed by atoms with E-state index in [2.05, 4.69) is 5.32 Å². The molecule has 0 amide bonds. The van der Waals surface area contributed by atoms with Gasteiger partial charge in [0.25, 0.3) is 0 Å². The fourth-order valence-electron chi connectivity index (χ4n) is 1.07. The van der Waals surface area contributed by atoms with E-state index in [1.165, 1.54) is 0 Å². The van der Waals surface area contributed by atoms with Gasteiger partial charge in [-0.15, -0.1) is 0 Å². The van der Waals surface area contributed by atoms with Gasteiger partial charge in [-0.1, -0.05) is 23.7 Å². The first-order valence-electron chi connectivity index (χ1n) is 4.45. The largest absolute Gasteiger partial charge is 0.480 e. The Morgan fingerprint density at radius 3 is 2.47 bits per heavy atom. The Labute approximate surface area is 92.5 Å². The maximum absolute atomic E-state index is 10.6. The van der Waals surface area contributed by atoms with Gasteiger partial charge < -0.3 is 10.2 Å². The molecule has 0 fully saturated rings. The van der Waals surface area contributed by atoms with Gasteiger partial charge in [-0.05, 0) is 17.7 Å². The molecular weight excluding hydrogens is 218 g/mol. The molecule has 5 heteroatoms. The van der Waals surface area contributed by atoms with Crippen LogP contribution in [0.3, 0.4) is 0 Å². The molecule has 0 bridgehead atoms. The van der Waals surface area contributed by atoms with Crippen LogP contribution in [0.15, 0.2) is 24.3 Å². The molecule has 1 atom stereocenters. The summed E-state index contributed by atoms with van der Waals surface area (Å²) in [5.41, 5.74) is 0.916. The molecular formula is C10H12ClNO3.